The molecule has 0 saturated carbocycles. The van der Waals surface area contributed by atoms with Crippen LogP contribution in [0.2, 0.25) is 0 Å². The molecule has 2 aromatic carbocycles. The van der Waals surface area contributed by atoms with Gasteiger partial charge in [0.15, 0.2) is 0 Å². The van der Waals surface area contributed by atoms with Crippen LogP contribution in [0, 0.1) is 11.3 Å². The monoisotopic (exact) mass is 346 g/mol. The van der Waals surface area contributed by atoms with Crippen molar-refractivity contribution in [3.8, 4) is 17.6 Å². The van der Waals surface area contributed by atoms with Crippen LogP contribution in [0.25, 0.3) is 0 Å². The molecule has 0 spiro atoms. The molecule has 0 aliphatic carbocycles. The fraction of sp³-hybridized carbons (Fsp3) is 0.188. The Morgan fingerprint density at radius 2 is 1.95 bits per heavy atom. The van der Waals surface area contributed by atoms with Crippen molar-refractivity contribution in [1.82, 2.24) is 0 Å². The number of nitrogens with zero attached hydrogens (tertiary/aromatic N) is 1. The third-order valence-electron chi connectivity index (χ3n) is 3.00. The molecule has 21 heavy (non-hydrogen) atoms. The normalized spacial score (nSPS) is 9.81. The minimum atomic E-state index is 0.554. The molecule has 0 aromatic heterocycles. The number of nitriles is 1. The molecule has 4 nitrogen and oxygen atoms in total. The van der Waals surface area contributed by atoms with Gasteiger partial charge in [0.2, 0.25) is 0 Å². The van der Waals surface area contributed by atoms with E-state index in [0.717, 1.165) is 27.2 Å². The fourth-order valence-electron chi connectivity index (χ4n) is 1.97. The van der Waals surface area contributed by atoms with Crippen molar-refractivity contribution in [3.05, 3.63) is 52.0 Å². The van der Waals surface area contributed by atoms with Gasteiger partial charge in [0.1, 0.15) is 11.5 Å². The second-order valence-corrected chi connectivity index (χ2v) is 5.29. The summed E-state index contributed by atoms with van der Waals surface area (Å²) < 4.78 is 11.5. The van der Waals surface area contributed by atoms with E-state index in [9.17, 15) is 0 Å². The van der Waals surface area contributed by atoms with Gasteiger partial charge >= 0.3 is 0 Å². The maximum Gasteiger partial charge on any atom is 0.123 e. The predicted octanol–water partition coefficient (Wildman–Crippen LogP) is 3.95. The van der Waals surface area contributed by atoms with E-state index in [1.54, 1.807) is 26.4 Å². The predicted molar refractivity (Wildman–Crippen MR) is 85.7 cm³/mol. The van der Waals surface area contributed by atoms with Crippen molar-refractivity contribution in [3.63, 3.8) is 0 Å². The highest BCUT2D eigenvalue weighted by atomic mass is 79.9. The number of rotatable bonds is 5. The first-order valence-corrected chi connectivity index (χ1v) is 7.11. The summed E-state index contributed by atoms with van der Waals surface area (Å²) in [5.41, 5.74) is 2.46. The average molecular weight is 347 g/mol. The summed E-state index contributed by atoms with van der Waals surface area (Å²) in [6, 6.07) is 13.3. The zero-order valence-electron chi connectivity index (χ0n) is 11.8. The first-order chi connectivity index (χ1) is 10.2. The molecule has 1 N–H and O–H groups in total. The standard InChI is InChI=1S/C16H15BrN2O2/c1-20-15-7-13(17)6-14(8-15)19-10-12-5-11(9-18)3-4-16(12)21-2/h3-8,19H,10H2,1-2H3. The van der Waals surface area contributed by atoms with Crippen LogP contribution in [0.4, 0.5) is 5.69 Å². The molecule has 0 radical (unpaired) electrons. The van der Waals surface area contributed by atoms with Gasteiger partial charge < -0.3 is 14.8 Å². The zero-order chi connectivity index (χ0) is 15.2. The summed E-state index contributed by atoms with van der Waals surface area (Å²) in [6.07, 6.45) is 0. The van der Waals surface area contributed by atoms with Gasteiger partial charge in [-0.15, -0.1) is 0 Å². The summed E-state index contributed by atoms with van der Waals surface area (Å²) in [7, 11) is 3.25. The summed E-state index contributed by atoms with van der Waals surface area (Å²) in [5, 5.41) is 12.3. The maximum absolute atomic E-state index is 8.98. The molecule has 0 saturated heterocycles. The highest BCUT2D eigenvalue weighted by Crippen LogP contribution is 2.26. The van der Waals surface area contributed by atoms with E-state index < -0.39 is 0 Å². The zero-order valence-corrected chi connectivity index (χ0v) is 13.4. The van der Waals surface area contributed by atoms with Crippen LogP contribution in [-0.2, 0) is 6.54 Å². The number of nitrogens with one attached hydrogen (secondary N) is 1. The van der Waals surface area contributed by atoms with Crippen molar-refractivity contribution in [2.45, 2.75) is 6.54 Å². The van der Waals surface area contributed by atoms with Crippen molar-refractivity contribution in [1.29, 1.82) is 5.26 Å². The van der Waals surface area contributed by atoms with E-state index in [4.69, 9.17) is 14.7 Å². The van der Waals surface area contributed by atoms with Gasteiger partial charge in [-0.25, -0.2) is 0 Å². The molecule has 2 rings (SSSR count). The maximum atomic E-state index is 8.98. The second kappa shape index (κ2) is 7.00. The number of hydrogen-bond acceptors (Lipinski definition) is 4. The Kier molecular flexibility index (Phi) is 5.07. The van der Waals surface area contributed by atoms with Gasteiger partial charge in [0.25, 0.3) is 0 Å². The Morgan fingerprint density at radius 3 is 2.62 bits per heavy atom. The molecule has 0 bridgehead atoms. The van der Waals surface area contributed by atoms with Crippen molar-refractivity contribution >= 4 is 21.6 Å². The summed E-state index contributed by atoms with van der Waals surface area (Å²) in [6.45, 7) is 0.554. The molecular weight excluding hydrogens is 332 g/mol. The molecule has 0 aliphatic rings. The number of anilines is 1. The molecule has 0 fully saturated rings. The SMILES string of the molecule is COc1cc(Br)cc(NCc2cc(C#N)ccc2OC)c1. The van der Waals surface area contributed by atoms with E-state index in [-0.39, 0.29) is 0 Å². The van der Waals surface area contributed by atoms with Gasteiger partial charge in [-0.1, -0.05) is 15.9 Å². The van der Waals surface area contributed by atoms with Crippen molar-refractivity contribution < 1.29 is 9.47 Å². The molecule has 0 amide bonds. The van der Waals surface area contributed by atoms with Crippen LogP contribution < -0.4 is 14.8 Å². The van der Waals surface area contributed by atoms with Crippen LogP contribution >= 0.6 is 15.9 Å². The average Bonchev–Trinajstić information content (AvgIpc) is 2.51. The third kappa shape index (κ3) is 3.89. The summed E-state index contributed by atoms with van der Waals surface area (Å²) in [5.74, 6) is 1.52. The molecule has 5 heteroatoms. The van der Waals surface area contributed by atoms with Crippen molar-refractivity contribution in [2.75, 3.05) is 19.5 Å². The quantitative estimate of drug-likeness (QED) is 0.890. The van der Waals surface area contributed by atoms with E-state index in [1.807, 2.05) is 24.3 Å². The smallest absolute Gasteiger partial charge is 0.123 e. The van der Waals surface area contributed by atoms with Gasteiger partial charge in [0.05, 0.1) is 25.9 Å². The van der Waals surface area contributed by atoms with E-state index in [0.29, 0.717) is 12.1 Å². The number of hydrogen-bond donors (Lipinski definition) is 1. The Labute approximate surface area is 132 Å². The number of benzene rings is 2. The molecule has 0 unspecified atom stereocenters. The lowest BCUT2D eigenvalue weighted by Gasteiger charge is -2.12. The Balaban J connectivity index is 2.20. The lowest BCUT2D eigenvalue weighted by Crippen LogP contribution is -2.02. The van der Waals surface area contributed by atoms with Crippen LogP contribution in [-0.4, -0.2) is 14.2 Å². The van der Waals surface area contributed by atoms with E-state index in [1.165, 1.54) is 0 Å². The van der Waals surface area contributed by atoms with Gasteiger partial charge in [-0.05, 0) is 30.3 Å². The second-order valence-electron chi connectivity index (χ2n) is 4.37. The summed E-state index contributed by atoms with van der Waals surface area (Å²) >= 11 is 3.44. The van der Waals surface area contributed by atoms with Crippen LogP contribution in [0.15, 0.2) is 40.9 Å². The first kappa shape index (κ1) is 15.2. The third-order valence-corrected chi connectivity index (χ3v) is 3.46. The molecular formula is C16H15BrN2O2. The Morgan fingerprint density at radius 1 is 1.14 bits per heavy atom. The lowest BCUT2D eigenvalue weighted by atomic mass is 10.1. The first-order valence-electron chi connectivity index (χ1n) is 6.31. The van der Waals surface area contributed by atoms with E-state index >= 15 is 0 Å². The number of methoxy groups -OCH3 is 2. The lowest BCUT2D eigenvalue weighted by molar-refractivity contribution is 0.410. The molecule has 108 valence electrons. The highest BCUT2D eigenvalue weighted by molar-refractivity contribution is 9.10. The fourth-order valence-corrected chi connectivity index (χ4v) is 2.44. The topological polar surface area (TPSA) is 54.3 Å². The van der Waals surface area contributed by atoms with Crippen LogP contribution in [0.1, 0.15) is 11.1 Å². The Hall–Kier alpha value is -2.19. The minimum Gasteiger partial charge on any atom is -0.497 e. The number of halogens is 1. The molecule has 0 atom stereocenters. The largest absolute Gasteiger partial charge is 0.497 e. The summed E-state index contributed by atoms with van der Waals surface area (Å²) in [4.78, 5) is 0. The van der Waals surface area contributed by atoms with Crippen LogP contribution in [0.3, 0.4) is 0 Å². The van der Waals surface area contributed by atoms with E-state index in [2.05, 4.69) is 27.3 Å². The molecule has 0 aliphatic heterocycles. The van der Waals surface area contributed by atoms with Gasteiger partial charge in [-0.2, -0.15) is 5.26 Å². The highest BCUT2D eigenvalue weighted by Gasteiger charge is 2.05. The van der Waals surface area contributed by atoms with Gasteiger partial charge in [0, 0.05) is 28.3 Å². The number of ether oxygens (including phenoxy) is 2. The minimum absolute atomic E-state index is 0.554. The van der Waals surface area contributed by atoms with Crippen molar-refractivity contribution in [2.24, 2.45) is 0 Å². The van der Waals surface area contributed by atoms with Gasteiger partial charge in [-0.3, -0.25) is 0 Å². The molecule has 0 heterocycles. The van der Waals surface area contributed by atoms with Crippen LogP contribution in [0.5, 0.6) is 11.5 Å². The Bertz CT molecular complexity index is 680. The molecule has 2 aromatic rings.